The highest BCUT2D eigenvalue weighted by Crippen LogP contribution is 2.39. The third-order valence-corrected chi connectivity index (χ3v) is 6.30. The summed E-state index contributed by atoms with van der Waals surface area (Å²) in [5.41, 5.74) is 1.26. The van der Waals surface area contributed by atoms with Crippen molar-refractivity contribution >= 4 is 15.5 Å². The zero-order valence-electron chi connectivity index (χ0n) is 14.5. The zero-order chi connectivity index (χ0) is 19.7. The normalized spacial score (nSPS) is 15.6. The fourth-order valence-corrected chi connectivity index (χ4v) is 4.29. The van der Waals surface area contributed by atoms with Crippen molar-refractivity contribution in [2.45, 2.75) is 10.3 Å². The number of fused-ring (bicyclic) bond motifs is 1. The fourth-order valence-electron chi connectivity index (χ4n) is 2.95. The Morgan fingerprint density at radius 2 is 1.82 bits per heavy atom. The van der Waals surface area contributed by atoms with Gasteiger partial charge in [0.25, 0.3) is 0 Å². The van der Waals surface area contributed by atoms with Crippen molar-refractivity contribution in [3.8, 4) is 22.9 Å². The van der Waals surface area contributed by atoms with Crippen LogP contribution in [-0.2, 0) is 9.84 Å². The standard InChI is InChI=1S/C20H14FN3O3S/c21-15-5-7-16(8-6-15)28(25,26)19-12-24-18-11-23-10-17(20(18)27-19)14-3-1-13(9-22)2-4-14/h1-8,10-11,19,24H,12H2. The summed E-state index contributed by atoms with van der Waals surface area (Å²) < 4.78 is 44.8. The van der Waals surface area contributed by atoms with E-state index in [2.05, 4.69) is 16.4 Å². The number of rotatable bonds is 3. The molecule has 0 amide bonds. The minimum Gasteiger partial charge on any atom is -0.469 e. The summed E-state index contributed by atoms with van der Waals surface area (Å²) in [4.78, 5) is 4.16. The molecule has 4 rings (SSSR count). The first-order valence-corrected chi connectivity index (χ1v) is 9.92. The molecule has 0 aliphatic carbocycles. The van der Waals surface area contributed by atoms with Crippen LogP contribution in [0.2, 0.25) is 0 Å². The maximum atomic E-state index is 13.1. The Morgan fingerprint density at radius 1 is 1.11 bits per heavy atom. The smallest absolute Gasteiger partial charge is 0.220 e. The molecule has 0 radical (unpaired) electrons. The van der Waals surface area contributed by atoms with Crippen molar-refractivity contribution < 1.29 is 17.5 Å². The average molecular weight is 395 g/mol. The van der Waals surface area contributed by atoms with Crippen LogP contribution in [0.25, 0.3) is 11.1 Å². The van der Waals surface area contributed by atoms with E-state index in [1.165, 1.54) is 12.1 Å². The van der Waals surface area contributed by atoms with Gasteiger partial charge in [-0.2, -0.15) is 5.26 Å². The molecule has 0 fully saturated rings. The molecule has 1 unspecified atom stereocenters. The highest BCUT2D eigenvalue weighted by Gasteiger charge is 2.34. The fraction of sp³-hybridized carbons (Fsp3) is 0.100. The van der Waals surface area contributed by atoms with Crippen LogP contribution >= 0.6 is 0 Å². The van der Waals surface area contributed by atoms with E-state index in [1.807, 2.05) is 0 Å². The molecule has 140 valence electrons. The van der Waals surface area contributed by atoms with Crippen molar-refractivity contribution in [2.24, 2.45) is 0 Å². The number of nitrogens with one attached hydrogen (secondary N) is 1. The predicted molar refractivity (Wildman–Crippen MR) is 101 cm³/mol. The third-order valence-electron chi connectivity index (χ3n) is 4.42. The Balaban J connectivity index is 1.71. The van der Waals surface area contributed by atoms with Crippen molar-refractivity contribution in [1.29, 1.82) is 5.26 Å². The summed E-state index contributed by atoms with van der Waals surface area (Å²) in [5.74, 6) is -0.150. The molecule has 8 heteroatoms. The molecule has 1 atom stereocenters. The van der Waals surface area contributed by atoms with Crippen LogP contribution in [0.3, 0.4) is 0 Å². The van der Waals surface area contributed by atoms with Crippen LogP contribution in [0.15, 0.2) is 65.8 Å². The number of nitriles is 1. The van der Waals surface area contributed by atoms with Crippen molar-refractivity contribution in [3.63, 3.8) is 0 Å². The minimum atomic E-state index is -3.85. The first kappa shape index (κ1) is 17.9. The Hall–Kier alpha value is -3.44. The van der Waals surface area contributed by atoms with Gasteiger partial charge in [0, 0.05) is 11.8 Å². The number of halogens is 1. The van der Waals surface area contributed by atoms with Crippen LogP contribution in [0.4, 0.5) is 10.1 Å². The number of aromatic nitrogens is 1. The van der Waals surface area contributed by atoms with Gasteiger partial charge in [-0.1, -0.05) is 12.1 Å². The summed E-state index contributed by atoms with van der Waals surface area (Å²) in [6.45, 7) is 0.0329. The van der Waals surface area contributed by atoms with Crippen LogP contribution in [0, 0.1) is 17.1 Å². The summed E-state index contributed by atoms with van der Waals surface area (Å²) >= 11 is 0. The summed E-state index contributed by atoms with van der Waals surface area (Å²) in [6, 6.07) is 13.5. The van der Waals surface area contributed by atoms with Gasteiger partial charge in [0.1, 0.15) is 5.82 Å². The molecule has 2 aromatic carbocycles. The third kappa shape index (κ3) is 3.17. The SMILES string of the molecule is N#Cc1ccc(-c2cncc3c2OC(S(=O)(=O)c2ccc(F)cc2)CN3)cc1. The Morgan fingerprint density at radius 3 is 2.50 bits per heavy atom. The van der Waals surface area contributed by atoms with E-state index in [9.17, 15) is 12.8 Å². The molecule has 3 aromatic rings. The van der Waals surface area contributed by atoms with Gasteiger partial charge in [-0.3, -0.25) is 4.98 Å². The zero-order valence-corrected chi connectivity index (χ0v) is 15.3. The molecule has 1 aromatic heterocycles. The number of anilines is 1. The van der Waals surface area contributed by atoms with E-state index < -0.39 is 21.1 Å². The van der Waals surface area contributed by atoms with Gasteiger partial charge < -0.3 is 10.1 Å². The van der Waals surface area contributed by atoms with Gasteiger partial charge in [-0.25, -0.2) is 12.8 Å². The minimum absolute atomic E-state index is 0.0156. The monoisotopic (exact) mass is 395 g/mol. The Kier molecular flexibility index (Phi) is 4.45. The molecule has 28 heavy (non-hydrogen) atoms. The molecule has 0 saturated heterocycles. The second-order valence-corrected chi connectivity index (χ2v) is 8.27. The van der Waals surface area contributed by atoms with Crippen LogP contribution in [0.5, 0.6) is 5.75 Å². The van der Waals surface area contributed by atoms with Gasteiger partial charge in [0.2, 0.25) is 15.3 Å². The Bertz CT molecular complexity index is 1170. The quantitative estimate of drug-likeness (QED) is 0.684. The topological polar surface area (TPSA) is 92.1 Å². The molecular formula is C20H14FN3O3S. The number of benzene rings is 2. The number of sulfone groups is 1. The maximum absolute atomic E-state index is 13.1. The molecule has 1 N–H and O–H groups in total. The predicted octanol–water partition coefficient (Wildman–Crippen LogP) is 3.36. The largest absolute Gasteiger partial charge is 0.469 e. The number of nitrogens with zero attached hydrogens (tertiary/aromatic N) is 2. The molecule has 0 saturated carbocycles. The van der Waals surface area contributed by atoms with Crippen LogP contribution in [-0.4, -0.2) is 25.4 Å². The van der Waals surface area contributed by atoms with Gasteiger partial charge in [-0.15, -0.1) is 0 Å². The highest BCUT2D eigenvalue weighted by atomic mass is 32.2. The average Bonchev–Trinajstić information content (AvgIpc) is 2.73. The maximum Gasteiger partial charge on any atom is 0.220 e. The van der Waals surface area contributed by atoms with Gasteiger partial charge in [0.15, 0.2) is 5.75 Å². The summed E-state index contributed by atoms with van der Waals surface area (Å²) in [7, 11) is -3.85. The molecule has 2 heterocycles. The molecule has 1 aliphatic heterocycles. The number of pyridine rings is 1. The molecular weight excluding hydrogens is 381 g/mol. The number of hydrogen-bond donors (Lipinski definition) is 1. The van der Waals surface area contributed by atoms with Gasteiger partial charge in [0.05, 0.1) is 35.0 Å². The molecule has 0 bridgehead atoms. The first-order valence-electron chi connectivity index (χ1n) is 8.37. The second-order valence-electron chi connectivity index (χ2n) is 6.18. The molecule has 1 aliphatic rings. The van der Waals surface area contributed by atoms with Gasteiger partial charge in [-0.05, 0) is 42.0 Å². The molecule has 0 spiro atoms. The lowest BCUT2D eigenvalue weighted by atomic mass is 10.0. The van der Waals surface area contributed by atoms with E-state index in [1.54, 1.807) is 36.7 Å². The summed E-state index contributed by atoms with van der Waals surface area (Å²) in [5, 5.41) is 12.0. The van der Waals surface area contributed by atoms with Crippen molar-refractivity contribution in [2.75, 3.05) is 11.9 Å². The van der Waals surface area contributed by atoms with E-state index >= 15 is 0 Å². The lowest BCUT2D eigenvalue weighted by Crippen LogP contribution is -2.38. The first-order chi connectivity index (χ1) is 13.5. The summed E-state index contributed by atoms with van der Waals surface area (Å²) in [6.07, 6.45) is 3.14. The van der Waals surface area contributed by atoms with E-state index in [0.29, 0.717) is 22.6 Å². The van der Waals surface area contributed by atoms with E-state index in [-0.39, 0.29) is 11.4 Å². The molecule has 6 nitrogen and oxygen atoms in total. The Labute approximate surface area is 161 Å². The lowest BCUT2D eigenvalue weighted by molar-refractivity contribution is 0.277. The van der Waals surface area contributed by atoms with Crippen molar-refractivity contribution in [1.82, 2.24) is 4.98 Å². The van der Waals surface area contributed by atoms with Crippen LogP contribution in [0.1, 0.15) is 5.56 Å². The van der Waals surface area contributed by atoms with Crippen molar-refractivity contribution in [3.05, 3.63) is 72.3 Å². The van der Waals surface area contributed by atoms with E-state index in [4.69, 9.17) is 10.00 Å². The lowest BCUT2D eigenvalue weighted by Gasteiger charge is -2.28. The van der Waals surface area contributed by atoms with E-state index in [0.717, 1.165) is 17.7 Å². The van der Waals surface area contributed by atoms with Gasteiger partial charge >= 0.3 is 0 Å². The second kappa shape index (κ2) is 6.94. The number of ether oxygens (including phenoxy) is 1. The highest BCUT2D eigenvalue weighted by molar-refractivity contribution is 7.92. The van der Waals surface area contributed by atoms with Crippen LogP contribution < -0.4 is 10.1 Å². The number of hydrogen-bond acceptors (Lipinski definition) is 6.